The van der Waals surface area contributed by atoms with Crippen molar-refractivity contribution in [1.82, 2.24) is 9.36 Å². The number of carbonyl (C=O) groups is 1. The van der Waals surface area contributed by atoms with Crippen molar-refractivity contribution in [2.75, 3.05) is 5.73 Å². The Kier molecular flexibility index (Phi) is 4.06. The number of hydrogen-bond donors (Lipinski definition) is 2. The standard InChI is InChI=1S/C12H13N3O2S2/c1-3-9-14-12(19-15-9)18-7-4-6(2)10(13)8(5-7)11(16)17/h4-5H,3,13H2,1-2H3,(H,16,17). The maximum absolute atomic E-state index is 11.1. The van der Waals surface area contributed by atoms with E-state index in [0.29, 0.717) is 5.69 Å². The Morgan fingerprint density at radius 3 is 2.84 bits per heavy atom. The highest BCUT2D eigenvalue weighted by Gasteiger charge is 2.13. The van der Waals surface area contributed by atoms with Gasteiger partial charge in [-0.05, 0) is 36.2 Å². The van der Waals surface area contributed by atoms with E-state index in [2.05, 4.69) is 9.36 Å². The number of aryl methyl sites for hydroxylation is 2. The van der Waals surface area contributed by atoms with Crippen molar-refractivity contribution in [2.45, 2.75) is 29.5 Å². The lowest BCUT2D eigenvalue weighted by molar-refractivity contribution is 0.0697. The third kappa shape index (κ3) is 3.05. The molecule has 0 saturated heterocycles. The van der Waals surface area contributed by atoms with Crippen LogP contribution in [0.1, 0.15) is 28.7 Å². The number of benzene rings is 1. The first-order valence-electron chi connectivity index (χ1n) is 5.65. The van der Waals surface area contributed by atoms with E-state index in [-0.39, 0.29) is 5.56 Å². The second-order valence-corrected chi connectivity index (χ2v) is 6.01. The number of nitrogens with zero attached hydrogens (tertiary/aromatic N) is 2. The van der Waals surface area contributed by atoms with Crippen molar-refractivity contribution in [2.24, 2.45) is 0 Å². The monoisotopic (exact) mass is 295 g/mol. The number of carboxylic acids is 1. The summed E-state index contributed by atoms with van der Waals surface area (Å²) in [6.07, 6.45) is 0.790. The molecule has 0 unspecified atom stereocenters. The molecule has 0 saturated carbocycles. The molecule has 0 aliphatic carbocycles. The maximum Gasteiger partial charge on any atom is 0.337 e. The van der Waals surface area contributed by atoms with Crippen LogP contribution in [-0.4, -0.2) is 20.4 Å². The largest absolute Gasteiger partial charge is 0.478 e. The van der Waals surface area contributed by atoms with Gasteiger partial charge in [0, 0.05) is 17.0 Å². The van der Waals surface area contributed by atoms with Crippen LogP contribution in [0.15, 0.2) is 21.4 Å². The van der Waals surface area contributed by atoms with Gasteiger partial charge in [0.25, 0.3) is 0 Å². The lowest BCUT2D eigenvalue weighted by atomic mass is 10.1. The third-order valence-corrected chi connectivity index (χ3v) is 4.32. The highest BCUT2D eigenvalue weighted by Crippen LogP contribution is 2.32. The molecule has 1 aromatic heterocycles. The predicted octanol–water partition coefficient (Wildman–Crippen LogP) is 2.84. The number of nitrogen functional groups attached to an aromatic ring is 1. The van der Waals surface area contributed by atoms with Crippen LogP contribution in [-0.2, 0) is 6.42 Å². The molecule has 19 heavy (non-hydrogen) atoms. The van der Waals surface area contributed by atoms with Crippen molar-refractivity contribution in [3.63, 3.8) is 0 Å². The summed E-state index contributed by atoms with van der Waals surface area (Å²) >= 11 is 2.72. The van der Waals surface area contributed by atoms with Gasteiger partial charge < -0.3 is 10.8 Å². The summed E-state index contributed by atoms with van der Waals surface area (Å²) in [6.45, 7) is 3.79. The van der Waals surface area contributed by atoms with E-state index in [9.17, 15) is 4.79 Å². The summed E-state index contributed by atoms with van der Waals surface area (Å²) < 4.78 is 5.00. The van der Waals surface area contributed by atoms with E-state index in [0.717, 1.165) is 27.0 Å². The number of aromatic nitrogens is 2. The maximum atomic E-state index is 11.1. The van der Waals surface area contributed by atoms with Gasteiger partial charge in [-0.2, -0.15) is 4.37 Å². The fourth-order valence-corrected chi connectivity index (χ4v) is 3.34. The lowest BCUT2D eigenvalue weighted by Crippen LogP contribution is -2.04. The van der Waals surface area contributed by atoms with Gasteiger partial charge in [0.15, 0.2) is 4.34 Å². The minimum absolute atomic E-state index is 0.128. The minimum atomic E-state index is -1.02. The number of carboxylic acid groups (broad SMARTS) is 1. The zero-order chi connectivity index (χ0) is 14.0. The molecule has 100 valence electrons. The highest BCUT2D eigenvalue weighted by molar-refractivity contribution is 8.01. The summed E-state index contributed by atoms with van der Waals surface area (Å²) in [5.41, 5.74) is 6.94. The van der Waals surface area contributed by atoms with Gasteiger partial charge in [0.05, 0.1) is 5.56 Å². The molecule has 0 aliphatic heterocycles. The summed E-state index contributed by atoms with van der Waals surface area (Å²) in [4.78, 5) is 16.3. The van der Waals surface area contributed by atoms with Crippen LogP contribution in [0.5, 0.6) is 0 Å². The zero-order valence-corrected chi connectivity index (χ0v) is 12.1. The average molecular weight is 295 g/mol. The Labute approximate surface area is 119 Å². The number of aromatic carboxylic acids is 1. The van der Waals surface area contributed by atoms with Crippen LogP contribution in [0.2, 0.25) is 0 Å². The van der Waals surface area contributed by atoms with Gasteiger partial charge in [-0.25, -0.2) is 9.78 Å². The normalized spacial score (nSPS) is 10.6. The fraction of sp³-hybridized carbons (Fsp3) is 0.250. The number of rotatable bonds is 4. The first-order chi connectivity index (χ1) is 9.01. The van der Waals surface area contributed by atoms with Gasteiger partial charge >= 0.3 is 5.97 Å². The second kappa shape index (κ2) is 5.58. The molecule has 0 bridgehead atoms. The molecule has 7 heteroatoms. The molecule has 0 spiro atoms. The topological polar surface area (TPSA) is 89.1 Å². The fourth-order valence-electron chi connectivity index (χ4n) is 1.52. The molecule has 3 N–H and O–H groups in total. The van der Waals surface area contributed by atoms with E-state index < -0.39 is 5.97 Å². The van der Waals surface area contributed by atoms with Gasteiger partial charge in [-0.1, -0.05) is 18.7 Å². The Balaban J connectivity index is 2.32. The summed E-state index contributed by atoms with van der Waals surface area (Å²) in [5.74, 6) is -0.215. The molecular formula is C12H13N3O2S2. The molecule has 0 amide bonds. The summed E-state index contributed by atoms with van der Waals surface area (Å²) in [7, 11) is 0. The van der Waals surface area contributed by atoms with Gasteiger partial charge in [0.2, 0.25) is 0 Å². The second-order valence-electron chi connectivity index (χ2n) is 3.94. The lowest BCUT2D eigenvalue weighted by Gasteiger charge is -2.07. The molecule has 0 fully saturated rings. The van der Waals surface area contributed by atoms with Gasteiger partial charge in [-0.15, -0.1) is 0 Å². The molecule has 0 aliphatic rings. The minimum Gasteiger partial charge on any atom is -0.478 e. The van der Waals surface area contributed by atoms with E-state index in [1.807, 2.05) is 13.0 Å². The zero-order valence-electron chi connectivity index (χ0n) is 10.5. The van der Waals surface area contributed by atoms with Gasteiger partial charge in [0.1, 0.15) is 5.82 Å². The average Bonchev–Trinajstić information content (AvgIpc) is 2.81. The number of anilines is 1. The Hall–Kier alpha value is -1.60. The predicted molar refractivity (Wildman–Crippen MR) is 76.0 cm³/mol. The van der Waals surface area contributed by atoms with Crippen molar-refractivity contribution >= 4 is 35.0 Å². The quantitative estimate of drug-likeness (QED) is 0.843. The van der Waals surface area contributed by atoms with Crippen molar-refractivity contribution in [1.29, 1.82) is 0 Å². The van der Waals surface area contributed by atoms with Crippen LogP contribution in [0, 0.1) is 6.92 Å². The van der Waals surface area contributed by atoms with Crippen molar-refractivity contribution in [3.8, 4) is 0 Å². The first-order valence-corrected chi connectivity index (χ1v) is 7.24. The molecule has 1 aromatic carbocycles. The molecule has 0 atom stereocenters. The van der Waals surface area contributed by atoms with Crippen molar-refractivity contribution in [3.05, 3.63) is 29.1 Å². The SMILES string of the molecule is CCc1nsc(Sc2cc(C)c(N)c(C(=O)O)c2)n1. The van der Waals surface area contributed by atoms with Crippen LogP contribution in [0.3, 0.4) is 0 Å². The Morgan fingerprint density at radius 1 is 1.53 bits per heavy atom. The third-order valence-electron chi connectivity index (χ3n) is 2.56. The van der Waals surface area contributed by atoms with E-state index in [1.165, 1.54) is 23.3 Å². The van der Waals surface area contributed by atoms with Crippen LogP contribution >= 0.6 is 23.3 Å². The first kappa shape index (κ1) is 13.8. The highest BCUT2D eigenvalue weighted by atomic mass is 32.2. The van der Waals surface area contributed by atoms with E-state index in [4.69, 9.17) is 10.8 Å². The van der Waals surface area contributed by atoms with Crippen LogP contribution in [0.25, 0.3) is 0 Å². The number of hydrogen-bond acceptors (Lipinski definition) is 6. The van der Waals surface area contributed by atoms with E-state index >= 15 is 0 Å². The Bertz CT molecular complexity index is 625. The number of nitrogens with two attached hydrogens (primary N) is 1. The molecular weight excluding hydrogens is 282 g/mol. The molecule has 0 radical (unpaired) electrons. The molecule has 1 heterocycles. The summed E-state index contributed by atoms with van der Waals surface area (Å²) in [6, 6.07) is 3.43. The summed E-state index contributed by atoms with van der Waals surface area (Å²) in [5, 5.41) is 9.11. The van der Waals surface area contributed by atoms with Crippen molar-refractivity contribution < 1.29 is 9.90 Å². The molecule has 5 nitrogen and oxygen atoms in total. The van der Waals surface area contributed by atoms with Crippen LogP contribution < -0.4 is 5.73 Å². The van der Waals surface area contributed by atoms with E-state index in [1.54, 1.807) is 13.0 Å². The molecule has 2 rings (SSSR count). The Morgan fingerprint density at radius 2 is 2.26 bits per heavy atom. The smallest absolute Gasteiger partial charge is 0.337 e. The van der Waals surface area contributed by atoms with Crippen LogP contribution in [0.4, 0.5) is 5.69 Å². The van der Waals surface area contributed by atoms with Gasteiger partial charge in [-0.3, -0.25) is 0 Å². The molecule has 2 aromatic rings.